The van der Waals surface area contributed by atoms with Crippen LogP contribution in [0, 0.1) is 5.41 Å². The van der Waals surface area contributed by atoms with Crippen LogP contribution in [0.1, 0.15) is 116 Å². The summed E-state index contributed by atoms with van der Waals surface area (Å²) in [4.78, 5) is 2.58. The number of benzene rings is 3. The zero-order valence-electron chi connectivity index (χ0n) is 30.0. The highest BCUT2D eigenvalue weighted by Crippen LogP contribution is 2.38. The van der Waals surface area contributed by atoms with Gasteiger partial charge in [-0.1, -0.05) is 107 Å². The maximum absolute atomic E-state index is 6.53. The second-order valence-corrected chi connectivity index (χ2v) is 14.5. The zero-order valence-corrected chi connectivity index (χ0v) is 30.0. The molecule has 4 heteroatoms. The third-order valence-corrected chi connectivity index (χ3v) is 8.51. The second-order valence-electron chi connectivity index (χ2n) is 14.5. The molecule has 0 unspecified atom stereocenters. The Morgan fingerprint density at radius 3 is 2.07 bits per heavy atom. The van der Waals surface area contributed by atoms with Crippen LogP contribution in [0.4, 0.5) is 0 Å². The molecule has 0 aliphatic heterocycles. The summed E-state index contributed by atoms with van der Waals surface area (Å²) in [5.74, 6) is 2.06. The molecule has 3 aromatic carbocycles. The maximum Gasteiger partial charge on any atom is 0.123 e. The average molecular weight is 627 g/mol. The molecule has 0 spiro atoms. The lowest BCUT2D eigenvalue weighted by Gasteiger charge is -2.32. The monoisotopic (exact) mass is 626 g/mol. The Hall–Kier alpha value is -3.24. The van der Waals surface area contributed by atoms with Gasteiger partial charge in [0.25, 0.3) is 0 Å². The highest BCUT2D eigenvalue weighted by molar-refractivity contribution is 5.46. The molecule has 0 aliphatic rings. The number of hydrogen-bond acceptors (Lipinski definition) is 4. The van der Waals surface area contributed by atoms with E-state index in [1.165, 1.54) is 42.4 Å². The lowest BCUT2D eigenvalue weighted by molar-refractivity contribution is 0.170. The second kappa shape index (κ2) is 19.4. The van der Waals surface area contributed by atoms with Gasteiger partial charge >= 0.3 is 0 Å². The van der Waals surface area contributed by atoms with E-state index in [1.54, 1.807) is 0 Å². The van der Waals surface area contributed by atoms with Gasteiger partial charge in [-0.25, -0.2) is 0 Å². The molecule has 0 bridgehead atoms. The fourth-order valence-electron chi connectivity index (χ4n) is 6.25. The van der Waals surface area contributed by atoms with Crippen molar-refractivity contribution in [3.8, 4) is 11.5 Å². The summed E-state index contributed by atoms with van der Waals surface area (Å²) in [7, 11) is 0. The first-order valence-corrected chi connectivity index (χ1v) is 17.7. The third-order valence-electron chi connectivity index (χ3n) is 8.51. The molecular formula is C42H62N2O2. The van der Waals surface area contributed by atoms with E-state index in [0.29, 0.717) is 18.7 Å². The number of nitrogens with zero attached hydrogens (tertiary/aromatic N) is 1. The summed E-state index contributed by atoms with van der Waals surface area (Å²) < 4.78 is 12.9. The number of rotatable bonds is 21. The largest absolute Gasteiger partial charge is 0.494 e. The van der Waals surface area contributed by atoms with Gasteiger partial charge in [0.2, 0.25) is 0 Å². The van der Waals surface area contributed by atoms with Crippen molar-refractivity contribution in [2.45, 2.75) is 118 Å². The van der Waals surface area contributed by atoms with Crippen LogP contribution in [-0.2, 0) is 6.61 Å². The molecule has 46 heavy (non-hydrogen) atoms. The number of nitrogens with one attached hydrogen (secondary N) is 1. The van der Waals surface area contributed by atoms with Gasteiger partial charge < -0.3 is 14.8 Å². The Labute approximate surface area is 281 Å². The molecule has 1 atom stereocenters. The molecule has 1 N–H and O–H groups in total. The van der Waals surface area contributed by atoms with E-state index in [-0.39, 0.29) is 11.3 Å². The van der Waals surface area contributed by atoms with Gasteiger partial charge in [0, 0.05) is 35.8 Å². The van der Waals surface area contributed by atoms with E-state index in [1.807, 2.05) is 6.07 Å². The van der Waals surface area contributed by atoms with E-state index in [0.717, 1.165) is 56.2 Å². The number of ether oxygens (including phenoxy) is 2. The zero-order chi connectivity index (χ0) is 33.4. The fourth-order valence-corrected chi connectivity index (χ4v) is 6.25. The molecule has 0 aromatic heterocycles. The predicted molar refractivity (Wildman–Crippen MR) is 197 cm³/mol. The van der Waals surface area contributed by atoms with Gasteiger partial charge in [-0.3, -0.25) is 4.90 Å². The van der Waals surface area contributed by atoms with Gasteiger partial charge in [0.05, 0.1) is 6.61 Å². The molecule has 0 aliphatic carbocycles. The van der Waals surface area contributed by atoms with Crippen molar-refractivity contribution in [3.63, 3.8) is 0 Å². The van der Waals surface area contributed by atoms with Crippen LogP contribution >= 0.6 is 0 Å². The molecular weight excluding hydrogens is 564 g/mol. The quantitative estimate of drug-likeness (QED) is 0.119. The van der Waals surface area contributed by atoms with Crippen LogP contribution in [0.25, 0.3) is 0 Å². The van der Waals surface area contributed by atoms with Crippen LogP contribution in [0.5, 0.6) is 11.5 Å². The molecule has 0 amide bonds. The van der Waals surface area contributed by atoms with Gasteiger partial charge in [0.1, 0.15) is 18.1 Å². The molecule has 3 rings (SSSR count). The van der Waals surface area contributed by atoms with E-state index >= 15 is 0 Å². The van der Waals surface area contributed by atoms with E-state index in [2.05, 4.69) is 138 Å². The van der Waals surface area contributed by atoms with Crippen LogP contribution in [0.15, 0.2) is 91.1 Å². The molecule has 3 aromatic rings. The summed E-state index contributed by atoms with van der Waals surface area (Å²) in [6.45, 7) is 23.4. The molecule has 0 saturated heterocycles. The summed E-state index contributed by atoms with van der Waals surface area (Å²) in [5, 5.41) is 3.51. The molecule has 252 valence electrons. The highest BCUT2D eigenvalue weighted by atomic mass is 16.5. The Balaban J connectivity index is 1.65. The maximum atomic E-state index is 6.53. The fraction of sp³-hybridized carbons (Fsp3) is 0.524. The summed E-state index contributed by atoms with van der Waals surface area (Å²) in [6.07, 6.45) is 7.91. The Morgan fingerprint density at radius 1 is 0.783 bits per heavy atom. The van der Waals surface area contributed by atoms with Crippen LogP contribution in [0.3, 0.4) is 0 Å². The minimum atomic E-state index is 0.198. The standard InChI is InChI=1S/C42H62N2O2/c1-33(2)44(34(3)4)28-26-39(37-22-16-13-17-23-37)40-30-38(24-25-41(40)46-32-36-20-14-12-15-21-36)45-29-19-11-9-10-18-27-43-35(5)31-42(6,7)8/h12-17,20-25,30,33-34,39,43H,5,9-11,18-19,26-29,31-32H2,1-4,6-8H3/t39-/m1/s1. The molecule has 0 saturated carbocycles. The number of unbranched alkanes of at least 4 members (excludes halogenated alkanes) is 4. The van der Waals surface area contributed by atoms with Gasteiger partial charge in [-0.05, 0) is 94.7 Å². The van der Waals surface area contributed by atoms with Crippen molar-refractivity contribution in [3.05, 3.63) is 108 Å². The van der Waals surface area contributed by atoms with Crippen LogP contribution in [0.2, 0.25) is 0 Å². The minimum absolute atomic E-state index is 0.198. The van der Waals surface area contributed by atoms with Crippen molar-refractivity contribution in [1.82, 2.24) is 10.2 Å². The smallest absolute Gasteiger partial charge is 0.123 e. The van der Waals surface area contributed by atoms with Gasteiger partial charge in [0.15, 0.2) is 0 Å². The van der Waals surface area contributed by atoms with Gasteiger partial charge in [-0.15, -0.1) is 0 Å². The minimum Gasteiger partial charge on any atom is -0.494 e. The van der Waals surface area contributed by atoms with Crippen molar-refractivity contribution < 1.29 is 9.47 Å². The van der Waals surface area contributed by atoms with E-state index < -0.39 is 0 Å². The lowest BCUT2D eigenvalue weighted by Crippen LogP contribution is -2.38. The molecule has 4 nitrogen and oxygen atoms in total. The van der Waals surface area contributed by atoms with Crippen molar-refractivity contribution in [2.75, 3.05) is 19.7 Å². The first kappa shape index (κ1) is 37.2. The lowest BCUT2D eigenvalue weighted by atomic mass is 9.87. The average Bonchev–Trinajstić information content (AvgIpc) is 3.01. The summed E-state index contributed by atoms with van der Waals surface area (Å²) in [5.41, 5.74) is 5.12. The highest BCUT2D eigenvalue weighted by Gasteiger charge is 2.23. The predicted octanol–water partition coefficient (Wildman–Crippen LogP) is 10.8. The number of allylic oxidation sites excluding steroid dienone is 1. The van der Waals surface area contributed by atoms with Gasteiger partial charge in [-0.2, -0.15) is 0 Å². The summed E-state index contributed by atoms with van der Waals surface area (Å²) in [6, 6.07) is 28.7. The summed E-state index contributed by atoms with van der Waals surface area (Å²) >= 11 is 0. The molecule has 0 fully saturated rings. The first-order valence-electron chi connectivity index (χ1n) is 17.7. The molecule has 0 radical (unpaired) electrons. The van der Waals surface area contributed by atoms with Crippen molar-refractivity contribution in [2.24, 2.45) is 5.41 Å². The first-order chi connectivity index (χ1) is 22.0. The van der Waals surface area contributed by atoms with E-state index in [4.69, 9.17) is 9.47 Å². The molecule has 0 heterocycles. The van der Waals surface area contributed by atoms with Crippen molar-refractivity contribution >= 4 is 0 Å². The topological polar surface area (TPSA) is 33.7 Å². The third kappa shape index (κ3) is 13.6. The Kier molecular flexibility index (Phi) is 15.7. The van der Waals surface area contributed by atoms with Crippen LogP contribution in [-0.4, -0.2) is 36.7 Å². The number of hydrogen-bond donors (Lipinski definition) is 1. The van der Waals surface area contributed by atoms with E-state index in [9.17, 15) is 0 Å². The normalized spacial score (nSPS) is 12.5. The Bertz CT molecular complexity index is 1260. The van der Waals surface area contributed by atoms with Crippen molar-refractivity contribution in [1.29, 1.82) is 0 Å². The van der Waals surface area contributed by atoms with Crippen LogP contribution < -0.4 is 14.8 Å². The SMILES string of the molecule is C=C(CC(C)(C)C)NCCCCCCCOc1ccc(OCc2ccccc2)c([C@H](CCN(C(C)C)C(C)C)c2ccccc2)c1. The Morgan fingerprint density at radius 2 is 1.41 bits per heavy atom.